The molecule has 0 amide bonds. The lowest BCUT2D eigenvalue weighted by atomic mass is 10.2. The summed E-state index contributed by atoms with van der Waals surface area (Å²) in [6, 6.07) is 7.97. The Morgan fingerprint density at radius 3 is 2.52 bits per heavy atom. The van der Waals surface area contributed by atoms with Gasteiger partial charge in [0.25, 0.3) is 10.0 Å². The molecule has 0 fully saturated rings. The first-order valence-electron chi connectivity index (χ1n) is 6.14. The minimum absolute atomic E-state index is 0.0312. The van der Waals surface area contributed by atoms with E-state index >= 15 is 0 Å². The van der Waals surface area contributed by atoms with E-state index in [1.807, 2.05) is 0 Å². The van der Waals surface area contributed by atoms with Crippen LogP contribution in [0, 0.1) is 0 Å². The van der Waals surface area contributed by atoms with E-state index < -0.39 is 16.0 Å². The van der Waals surface area contributed by atoms with E-state index in [0.29, 0.717) is 0 Å². The minimum Gasteiger partial charge on any atom is -0.494 e. The Hall–Kier alpha value is -1.96. The Balaban J connectivity index is 2.46. The first-order valence-corrected chi connectivity index (χ1v) is 8.38. The smallest absolute Gasteiger partial charge is 0.335 e. The molecule has 0 spiro atoms. The molecule has 0 bridgehead atoms. The summed E-state index contributed by atoms with van der Waals surface area (Å²) in [6.07, 6.45) is 0. The summed E-state index contributed by atoms with van der Waals surface area (Å²) in [6.45, 7) is 0. The molecule has 2 N–H and O–H groups in total. The molecule has 0 unspecified atom stereocenters. The van der Waals surface area contributed by atoms with Gasteiger partial charge in [0.15, 0.2) is 5.75 Å². The fourth-order valence-corrected chi connectivity index (χ4v) is 3.51. The highest BCUT2D eigenvalue weighted by Gasteiger charge is 2.23. The van der Waals surface area contributed by atoms with Gasteiger partial charge in [-0.3, -0.25) is 4.72 Å². The number of ether oxygens (including phenoxy) is 1. The number of aromatic carboxylic acids is 1. The van der Waals surface area contributed by atoms with Gasteiger partial charge in [-0.2, -0.15) is 0 Å². The lowest BCUT2D eigenvalue weighted by molar-refractivity contribution is 0.0697. The highest BCUT2D eigenvalue weighted by molar-refractivity contribution is 7.92. The summed E-state index contributed by atoms with van der Waals surface area (Å²) in [5.41, 5.74) is 0.0457. The second kappa shape index (κ2) is 6.66. The van der Waals surface area contributed by atoms with Crippen LogP contribution in [-0.2, 0) is 10.0 Å². The molecule has 0 aromatic heterocycles. The van der Waals surface area contributed by atoms with Crippen LogP contribution in [0.25, 0.3) is 0 Å². The van der Waals surface area contributed by atoms with E-state index in [9.17, 15) is 13.2 Å². The highest BCUT2D eigenvalue weighted by Crippen LogP contribution is 2.37. The number of anilines is 1. The van der Waals surface area contributed by atoms with Gasteiger partial charge in [0.2, 0.25) is 0 Å². The standard InChI is InChI=1S/C14H11Cl2NO5S/c1-22-13-11(6-5-10(15)12(13)16)23(20,21)17-9-4-2-3-8(7-9)14(18)19/h2-7,17H,1H3,(H,18,19). The summed E-state index contributed by atoms with van der Waals surface area (Å²) in [7, 11) is -2.78. The van der Waals surface area contributed by atoms with Crippen molar-refractivity contribution in [3.63, 3.8) is 0 Å². The number of carboxylic acids is 1. The zero-order chi connectivity index (χ0) is 17.2. The number of nitrogens with one attached hydrogen (secondary N) is 1. The van der Waals surface area contributed by atoms with Gasteiger partial charge < -0.3 is 9.84 Å². The lowest BCUT2D eigenvalue weighted by Gasteiger charge is -2.13. The third-order valence-electron chi connectivity index (χ3n) is 2.87. The first kappa shape index (κ1) is 17.4. The van der Waals surface area contributed by atoms with Gasteiger partial charge >= 0.3 is 5.97 Å². The van der Waals surface area contributed by atoms with E-state index in [4.69, 9.17) is 33.0 Å². The van der Waals surface area contributed by atoms with Crippen LogP contribution in [0.1, 0.15) is 10.4 Å². The lowest BCUT2D eigenvalue weighted by Crippen LogP contribution is -2.14. The number of hydrogen-bond donors (Lipinski definition) is 2. The molecular formula is C14H11Cl2NO5S. The van der Waals surface area contributed by atoms with Crippen LogP contribution in [0.5, 0.6) is 5.75 Å². The second-order valence-corrected chi connectivity index (χ2v) is 6.82. The maximum atomic E-state index is 12.5. The molecule has 0 heterocycles. The molecular weight excluding hydrogens is 365 g/mol. The molecule has 6 nitrogen and oxygen atoms in total. The largest absolute Gasteiger partial charge is 0.494 e. The molecule has 122 valence electrons. The van der Waals surface area contributed by atoms with Crippen molar-refractivity contribution in [1.29, 1.82) is 0 Å². The molecule has 2 rings (SSSR count). The van der Waals surface area contributed by atoms with E-state index in [-0.39, 0.29) is 31.9 Å². The average Bonchev–Trinajstić information content (AvgIpc) is 2.49. The molecule has 0 aliphatic heterocycles. The predicted molar refractivity (Wildman–Crippen MR) is 87.2 cm³/mol. The minimum atomic E-state index is -4.05. The van der Waals surface area contributed by atoms with Crippen LogP contribution >= 0.6 is 23.2 Å². The van der Waals surface area contributed by atoms with E-state index in [1.165, 1.54) is 43.5 Å². The van der Waals surface area contributed by atoms with Crippen molar-refractivity contribution in [2.24, 2.45) is 0 Å². The fourth-order valence-electron chi connectivity index (χ4n) is 1.84. The molecule has 9 heteroatoms. The van der Waals surface area contributed by atoms with Crippen molar-refractivity contribution in [3.05, 3.63) is 52.0 Å². The molecule has 0 aliphatic carbocycles. The summed E-state index contributed by atoms with van der Waals surface area (Å²) >= 11 is 11.8. The zero-order valence-electron chi connectivity index (χ0n) is 11.7. The molecule has 0 saturated heterocycles. The maximum absolute atomic E-state index is 12.5. The summed E-state index contributed by atoms with van der Waals surface area (Å²) < 4.78 is 32.3. The molecule has 0 saturated carbocycles. The average molecular weight is 376 g/mol. The molecule has 2 aromatic rings. The van der Waals surface area contributed by atoms with Gasteiger partial charge in [-0.15, -0.1) is 0 Å². The second-order valence-electron chi connectivity index (χ2n) is 4.38. The van der Waals surface area contributed by atoms with Crippen molar-refractivity contribution in [2.45, 2.75) is 4.90 Å². The van der Waals surface area contributed by atoms with Gasteiger partial charge in [0.1, 0.15) is 9.92 Å². The summed E-state index contributed by atoms with van der Waals surface area (Å²) in [4.78, 5) is 10.7. The quantitative estimate of drug-likeness (QED) is 0.833. The molecule has 0 aliphatic rings. The Morgan fingerprint density at radius 2 is 1.91 bits per heavy atom. The van der Waals surface area contributed by atoms with Crippen molar-refractivity contribution in [2.75, 3.05) is 11.8 Å². The van der Waals surface area contributed by atoms with E-state index in [2.05, 4.69) is 4.72 Å². The Kier molecular flexibility index (Phi) is 5.03. The normalized spacial score (nSPS) is 11.1. The number of rotatable bonds is 5. The van der Waals surface area contributed by atoms with Crippen LogP contribution < -0.4 is 9.46 Å². The Bertz CT molecular complexity index is 867. The molecule has 0 radical (unpaired) electrons. The number of benzene rings is 2. The van der Waals surface area contributed by atoms with Crippen LogP contribution in [0.2, 0.25) is 10.0 Å². The highest BCUT2D eigenvalue weighted by atomic mass is 35.5. The number of carboxylic acid groups (broad SMARTS) is 1. The van der Waals surface area contributed by atoms with Crippen molar-refractivity contribution < 1.29 is 23.1 Å². The molecule has 0 atom stereocenters. The third kappa shape index (κ3) is 3.69. The van der Waals surface area contributed by atoms with Crippen LogP contribution in [0.4, 0.5) is 5.69 Å². The number of sulfonamides is 1. The van der Waals surface area contributed by atoms with Gasteiger partial charge in [-0.1, -0.05) is 29.3 Å². The van der Waals surface area contributed by atoms with Gasteiger partial charge in [-0.05, 0) is 30.3 Å². The maximum Gasteiger partial charge on any atom is 0.335 e. The Morgan fingerprint density at radius 1 is 1.22 bits per heavy atom. The van der Waals surface area contributed by atoms with Crippen molar-refractivity contribution in [1.82, 2.24) is 0 Å². The van der Waals surface area contributed by atoms with Crippen LogP contribution in [0.15, 0.2) is 41.3 Å². The van der Waals surface area contributed by atoms with Gasteiger partial charge in [0.05, 0.1) is 17.7 Å². The molecule has 2 aromatic carbocycles. The van der Waals surface area contributed by atoms with E-state index in [0.717, 1.165) is 0 Å². The van der Waals surface area contributed by atoms with E-state index in [1.54, 1.807) is 0 Å². The number of carbonyl (C=O) groups is 1. The summed E-state index contributed by atoms with van der Waals surface area (Å²) in [5, 5.41) is 9.06. The number of halogens is 2. The van der Waals surface area contributed by atoms with Crippen LogP contribution in [-0.4, -0.2) is 26.6 Å². The zero-order valence-corrected chi connectivity index (χ0v) is 14.0. The van der Waals surface area contributed by atoms with Crippen molar-refractivity contribution in [3.8, 4) is 5.75 Å². The molecule has 23 heavy (non-hydrogen) atoms. The predicted octanol–water partition coefficient (Wildman–Crippen LogP) is 3.50. The van der Waals surface area contributed by atoms with Crippen LogP contribution in [0.3, 0.4) is 0 Å². The topological polar surface area (TPSA) is 92.7 Å². The first-order chi connectivity index (χ1) is 10.8. The number of methoxy groups -OCH3 is 1. The van der Waals surface area contributed by atoms with Gasteiger partial charge in [-0.25, -0.2) is 13.2 Å². The summed E-state index contributed by atoms with van der Waals surface area (Å²) in [5.74, 6) is -1.26. The monoisotopic (exact) mass is 375 g/mol. The Labute approximate surface area is 142 Å². The van der Waals surface area contributed by atoms with Crippen molar-refractivity contribution >= 4 is 44.9 Å². The van der Waals surface area contributed by atoms with Gasteiger partial charge in [0, 0.05) is 5.69 Å². The number of hydrogen-bond acceptors (Lipinski definition) is 4. The third-order valence-corrected chi connectivity index (χ3v) is 5.06. The SMILES string of the molecule is COc1c(S(=O)(=O)Nc2cccc(C(=O)O)c2)ccc(Cl)c1Cl. The fraction of sp³-hybridized carbons (Fsp3) is 0.0714.